The van der Waals surface area contributed by atoms with E-state index in [9.17, 15) is 4.79 Å². The van der Waals surface area contributed by atoms with Crippen molar-refractivity contribution in [2.24, 2.45) is 5.92 Å². The van der Waals surface area contributed by atoms with Crippen molar-refractivity contribution in [3.63, 3.8) is 0 Å². The molecule has 2 aromatic rings. The lowest BCUT2D eigenvalue weighted by atomic mass is 10.1. The Morgan fingerprint density at radius 3 is 3.05 bits per heavy atom. The molecule has 1 atom stereocenters. The molecule has 0 spiro atoms. The van der Waals surface area contributed by atoms with Gasteiger partial charge in [0.05, 0.1) is 12.5 Å². The molecular formula is C13H15N3O2S. The first kappa shape index (κ1) is 12.3. The maximum atomic E-state index is 12.0. The molecule has 1 amide bonds. The molecule has 6 heteroatoms. The summed E-state index contributed by atoms with van der Waals surface area (Å²) in [6.07, 6.45) is 3.91. The summed E-state index contributed by atoms with van der Waals surface area (Å²) < 4.78 is 7.11. The standard InChI is InChI=1S/C13H15N3O2S/c17-13-6-10(9-19)7-15(13)12-3-4-14-16(12)8-11-2-1-5-18-11/h1-5,10,19H,6-9H2. The van der Waals surface area contributed by atoms with Gasteiger partial charge in [-0.05, 0) is 23.8 Å². The molecule has 0 saturated carbocycles. The Labute approximate surface area is 116 Å². The van der Waals surface area contributed by atoms with Crippen LogP contribution in [0.3, 0.4) is 0 Å². The lowest BCUT2D eigenvalue weighted by molar-refractivity contribution is -0.117. The second kappa shape index (κ2) is 5.13. The van der Waals surface area contributed by atoms with Crippen LogP contribution in [0, 0.1) is 5.92 Å². The molecule has 0 bridgehead atoms. The highest BCUT2D eigenvalue weighted by atomic mass is 32.1. The SMILES string of the molecule is O=C1CC(CS)CN1c1ccnn1Cc1ccco1. The number of carbonyl (C=O) groups is 1. The lowest BCUT2D eigenvalue weighted by Crippen LogP contribution is -2.27. The number of rotatable bonds is 4. The molecule has 0 radical (unpaired) electrons. The van der Waals surface area contributed by atoms with Crippen molar-refractivity contribution in [1.29, 1.82) is 0 Å². The largest absolute Gasteiger partial charge is 0.467 e. The third-order valence-corrected chi connectivity index (χ3v) is 3.84. The van der Waals surface area contributed by atoms with Gasteiger partial charge in [0.1, 0.15) is 18.1 Å². The van der Waals surface area contributed by atoms with Crippen LogP contribution in [0.25, 0.3) is 0 Å². The van der Waals surface area contributed by atoms with Crippen LogP contribution in [0.15, 0.2) is 35.1 Å². The summed E-state index contributed by atoms with van der Waals surface area (Å²) in [4.78, 5) is 13.8. The van der Waals surface area contributed by atoms with Crippen molar-refractivity contribution < 1.29 is 9.21 Å². The third-order valence-electron chi connectivity index (χ3n) is 3.32. The van der Waals surface area contributed by atoms with Crippen molar-refractivity contribution in [1.82, 2.24) is 9.78 Å². The predicted octanol–water partition coefficient (Wildman–Crippen LogP) is 1.81. The number of hydrogen-bond acceptors (Lipinski definition) is 4. The van der Waals surface area contributed by atoms with Crippen molar-refractivity contribution in [2.45, 2.75) is 13.0 Å². The fraction of sp³-hybridized carbons (Fsp3) is 0.385. The second-order valence-electron chi connectivity index (χ2n) is 4.68. The second-order valence-corrected chi connectivity index (χ2v) is 5.05. The average molecular weight is 277 g/mol. The van der Waals surface area contributed by atoms with Gasteiger partial charge >= 0.3 is 0 Å². The highest BCUT2D eigenvalue weighted by molar-refractivity contribution is 7.80. The molecule has 100 valence electrons. The number of amides is 1. The van der Waals surface area contributed by atoms with Gasteiger partial charge in [-0.25, -0.2) is 4.68 Å². The molecule has 1 aliphatic rings. The van der Waals surface area contributed by atoms with E-state index < -0.39 is 0 Å². The van der Waals surface area contributed by atoms with Crippen LogP contribution in [-0.4, -0.2) is 28.0 Å². The van der Waals surface area contributed by atoms with Crippen molar-refractivity contribution in [3.8, 4) is 0 Å². The van der Waals surface area contributed by atoms with E-state index in [2.05, 4.69) is 17.7 Å². The van der Waals surface area contributed by atoms with Crippen LogP contribution in [0.4, 0.5) is 5.82 Å². The van der Waals surface area contributed by atoms with Crippen LogP contribution >= 0.6 is 12.6 Å². The van der Waals surface area contributed by atoms with E-state index in [0.717, 1.165) is 17.3 Å². The summed E-state index contributed by atoms with van der Waals surface area (Å²) in [6, 6.07) is 5.60. The average Bonchev–Trinajstić information content (AvgIpc) is 3.10. The van der Waals surface area contributed by atoms with E-state index in [1.165, 1.54) is 0 Å². The number of hydrogen-bond donors (Lipinski definition) is 1. The molecule has 3 rings (SSSR count). The minimum atomic E-state index is 0.139. The third kappa shape index (κ3) is 2.40. The zero-order valence-corrected chi connectivity index (χ0v) is 11.3. The first-order valence-electron chi connectivity index (χ1n) is 6.23. The van der Waals surface area contributed by atoms with Gasteiger partial charge in [0.25, 0.3) is 0 Å². The van der Waals surface area contributed by atoms with Crippen LogP contribution in [0.1, 0.15) is 12.2 Å². The minimum Gasteiger partial charge on any atom is -0.467 e. The van der Waals surface area contributed by atoms with Gasteiger partial charge in [-0.15, -0.1) is 0 Å². The number of nitrogens with zero attached hydrogens (tertiary/aromatic N) is 3. The number of anilines is 1. The fourth-order valence-corrected chi connectivity index (χ4v) is 2.60. The molecule has 0 aliphatic carbocycles. The molecule has 1 aliphatic heterocycles. The smallest absolute Gasteiger partial charge is 0.228 e. The normalized spacial score (nSPS) is 19.3. The molecular weight excluding hydrogens is 262 g/mol. The van der Waals surface area contributed by atoms with Gasteiger partial charge in [0.15, 0.2) is 0 Å². The summed E-state index contributed by atoms with van der Waals surface area (Å²) in [7, 11) is 0. The molecule has 5 nitrogen and oxygen atoms in total. The Morgan fingerprint density at radius 2 is 2.37 bits per heavy atom. The first-order chi connectivity index (χ1) is 9.28. The molecule has 19 heavy (non-hydrogen) atoms. The number of thiol groups is 1. The van der Waals surface area contributed by atoms with Gasteiger partial charge in [-0.3, -0.25) is 9.69 Å². The topological polar surface area (TPSA) is 51.3 Å². The van der Waals surface area contributed by atoms with E-state index in [1.54, 1.807) is 22.0 Å². The summed E-state index contributed by atoms with van der Waals surface area (Å²) in [5.74, 6) is 2.84. The van der Waals surface area contributed by atoms with Gasteiger partial charge in [-0.1, -0.05) is 0 Å². The summed E-state index contributed by atoms with van der Waals surface area (Å²) >= 11 is 4.28. The molecule has 2 aromatic heterocycles. The lowest BCUT2D eigenvalue weighted by Gasteiger charge is -2.17. The zero-order chi connectivity index (χ0) is 13.2. The summed E-state index contributed by atoms with van der Waals surface area (Å²) in [6.45, 7) is 1.25. The Hall–Kier alpha value is -1.69. The van der Waals surface area contributed by atoms with Gasteiger partial charge < -0.3 is 4.42 Å². The Morgan fingerprint density at radius 1 is 1.47 bits per heavy atom. The molecule has 0 N–H and O–H groups in total. The molecule has 3 heterocycles. The summed E-state index contributed by atoms with van der Waals surface area (Å²) in [5, 5.41) is 4.26. The monoisotopic (exact) mass is 277 g/mol. The minimum absolute atomic E-state index is 0.139. The van der Waals surface area contributed by atoms with Crippen molar-refractivity contribution in [3.05, 3.63) is 36.4 Å². The first-order valence-corrected chi connectivity index (χ1v) is 6.86. The predicted molar refractivity (Wildman–Crippen MR) is 74.4 cm³/mol. The Balaban J connectivity index is 1.82. The van der Waals surface area contributed by atoms with Crippen LogP contribution in [-0.2, 0) is 11.3 Å². The molecule has 1 fully saturated rings. The molecule has 0 aromatic carbocycles. The van der Waals surface area contributed by atoms with E-state index >= 15 is 0 Å². The number of furan rings is 1. The van der Waals surface area contributed by atoms with Crippen LogP contribution in [0.2, 0.25) is 0 Å². The molecule has 1 unspecified atom stereocenters. The summed E-state index contributed by atoms with van der Waals surface area (Å²) in [5.41, 5.74) is 0. The Bertz CT molecular complexity index is 564. The van der Waals surface area contributed by atoms with Gasteiger partial charge in [0.2, 0.25) is 5.91 Å². The van der Waals surface area contributed by atoms with E-state index in [-0.39, 0.29) is 5.91 Å². The van der Waals surface area contributed by atoms with Crippen LogP contribution in [0.5, 0.6) is 0 Å². The molecule has 1 saturated heterocycles. The maximum Gasteiger partial charge on any atom is 0.228 e. The fourth-order valence-electron chi connectivity index (χ4n) is 2.35. The highest BCUT2D eigenvalue weighted by Gasteiger charge is 2.31. The van der Waals surface area contributed by atoms with Crippen molar-refractivity contribution >= 4 is 24.4 Å². The van der Waals surface area contributed by atoms with Gasteiger partial charge in [-0.2, -0.15) is 17.7 Å². The van der Waals surface area contributed by atoms with E-state index in [1.807, 2.05) is 18.2 Å². The van der Waals surface area contributed by atoms with E-state index in [0.29, 0.717) is 25.4 Å². The van der Waals surface area contributed by atoms with Gasteiger partial charge in [0, 0.05) is 19.0 Å². The maximum absolute atomic E-state index is 12.0. The quantitative estimate of drug-likeness (QED) is 0.867. The number of carbonyl (C=O) groups excluding carboxylic acids is 1. The van der Waals surface area contributed by atoms with E-state index in [4.69, 9.17) is 4.42 Å². The number of aromatic nitrogens is 2. The van der Waals surface area contributed by atoms with Crippen molar-refractivity contribution in [2.75, 3.05) is 17.2 Å². The zero-order valence-electron chi connectivity index (χ0n) is 10.4. The Kier molecular flexibility index (Phi) is 3.33. The highest BCUT2D eigenvalue weighted by Crippen LogP contribution is 2.25. The van der Waals surface area contributed by atoms with Crippen LogP contribution < -0.4 is 4.90 Å².